The molecule has 0 saturated heterocycles. The van der Waals surface area contributed by atoms with Gasteiger partial charge < -0.3 is 5.11 Å². The van der Waals surface area contributed by atoms with E-state index in [0.29, 0.717) is 17.6 Å². The molecule has 0 aliphatic carbocycles. The van der Waals surface area contributed by atoms with Crippen LogP contribution in [0.15, 0.2) is 54.6 Å². The zero-order chi connectivity index (χ0) is 17.2. The zero-order valence-corrected chi connectivity index (χ0v) is 15.2. The molecule has 130 valence electrons. The fraction of sp³-hybridized carbons (Fsp3) is 0.478. The summed E-state index contributed by atoms with van der Waals surface area (Å²) < 4.78 is 0. The predicted octanol–water partition coefficient (Wildman–Crippen LogP) is 7.03. The van der Waals surface area contributed by atoms with Crippen LogP contribution in [0.5, 0.6) is 5.75 Å². The van der Waals surface area contributed by atoms with Crippen LogP contribution in [-0.2, 0) is 0 Å². The molecule has 0 spiro atoms. The first-order valence-electron chi connectivity index (χ1n) is 9.56. The van der Waals surface area contributed by atoms with Crippen LogP contribution in [0, 0.1) is 0 Å². The highest BCUT2D eigenvalue weighted by atomic mass is 16.3. The topological polar surface area (TPSA) is 20.2 Å². The standard InChI is InChI=1S/C23H32O/c1-3-4-5-6-7-11-14-23(21-15-17-22(24)18-16-21)19(2)20-12-9-8-10-13-20/h8-10,12-13,15-19,23-24H,3-7,11,14H2,1-2H3. The second-order valence-electron chi connectivity index (χ2n) is 6.95. The largest absolute Gasteiger partial charge is 0.508 e. The van der Waals surface area contributed by atoms with Gasteiger partial charge in [-0.3, -0.25) is 0 Å². The summed E-state index contributed by atoms with van der Waals surface area (Å²) in [5.41, 5.74) is 2.75. The molecule has 1 nitrogen and oxygen atoms in total. The van der Waals surface area contributed by atoms with E-state index in [-0.39, 0.29) is 0 Å². The van der Waals surface area contributed by atoms with E-state index in [2.05, 4.69) is 56.3 Å². The minimum atomic E-state index is 0.351. The second kappa shape index (κ2) is 10.2. The Balaban J connectivity index is 2.02. The Morgan fingerprint density at radius 1 is 0.750 bits per heavy atom. The van der Waals surface area contributed by atoms with E-state index in [1.54, 1.807) is 0 Å². The summed E-state index contributed by atoms with van der Waals surface area (Å²) >= 11 is 0. The number of hydrogen-bond acceptors (Lipinski definition) is 1. The molecule has 0 aromatic heterocycles. The molecule has 0 heterocycles. The summed E-state index contributed by atoms with van der Waals surface area (Å²) in [6.45, 7) is 4.60. The van der Waals surface area contributed by atoms with Gasteiger partial charge in [-0.05, 0) is 41.5 Å². The van der Waals surface area contributed by atoms with Gasteiger partial charge in [0.2, 0.25) is 0 Å². The molecule has 0 amide bonds. The fourth-order valence-electron chi connectivity index (χ4n) is 3.56. The molecule has 24 heavy (non-hydrogen) atoms. The van der Waals surface area contributed by atoms with Crippen molar-refractivity contribution in [1.29, 1.82) is 0 Å². The first-order valence-corrected chi connectivity index (χ1v) is 9.56. The van der Waals surface area contributed by atoms with E-state index in [0.717, 1.165) is 0 Å². The van der Waals surface area contributed by atoms with E-state index in [1.807, 2.05) is 12.1 Å². The molecule has 2 aromatic carbocycles. The average molecular weight is 325 g/mol. The van der Waals surface area contributed by atoms with Gasteiger partial charge in [0.05, 0.1) is 0 Å². The number of phenolic OH excluding ortho intramolecular Hbond substituents is 1. The van der Waals surface area contributed by atoms with Crippen molar-refractivity contribution < 1.29 is 5.11 Å². The van der Waals surface area contributed by atoms with Gasteiger partial charge in [0, 0.05) is 0 Å². The fourth-order valence-corrected chi connectivity index (χ4v) is 3.56. The van der Waals surface area contributed by atoms with Crippen LogP contribution in [0.4, 0.5) is 0 Å². The predicted molar refractivity (Wildman–Crippen MR) is 104 cm³/mol. The van der Waals surface area contributed by atoms with Crippen molar-refractivity contribution in [3.05, 3.63) is 65.7 Å². The number of phenols is 1. The maximum absolute atomic E-state index is 9.59. The number of hydrogen-bond donors (Lipinski definition) is 1. The quantitative estimate of drug-likeness (QED) is 0.465. The van der Waals surface area contributed by atoms with E-state index >= 15 is 0 Å². The van der Waals surface area contributed by atoms with Crippen LogP contribution < -0.4 is 0 Å². The summed E-state index contributed by atoms with van der Waals surface area (Å²) in [5.74, 6) is 1.36. The molecule has 2 aromatic rings. The number of benzene rings is 2. The Morgan fingerprint density at radius 3 is 2.04 bits per heavy atom. The highest BCUT2D eigenvalue weighted by molar-refractivity contribution is 5.32. The first kappa shape index (κ1) is 18.6. The van der Waals surface area contributed by atoms with Crippen molar-refractivity contribution in [2.75, 3.05) is 0 Å². The zero-order valence-electron chi connectivity index (χ0n) is 15.2. The second-order valence-corrected chi connectivity index (χ2v) is 6.95. The third-order valence-corrected chi connectivity index (χ3v) is 5.12. The van der Waals surface area contributed by atoms with Crippen molar-refractivity contribution >= 4 is 0 Å². The van der Waals surface area contributed by atoms with Gasteiger partial charge in [-0.2, -0.15) is 0 Å². The normalized spacial score (nSPS) is 13.6. The maximum Gasteiger partial charge on any atom is 0.115 e. The molecule has 0 radical (unpaired) electrons. The van der Waals surface area contributed by atoms with Crippen LogP contribution in [0.2, 0.25) is 0 Å². The minimum Gasteiger partial charge on any atom is -0.508 e. The number of aromatic hydroxyl groups is 1. The van der Waals surface area contributed by atoms with Crippen molar-refractivity contribution in [2.24, 2.45) is 0 Å². The summed E-state index contributed by atoms with van der Waals surface area (Å²) in [4.78, 5) is 0. The molecular formula is C23H32O. The molecule has 0 aliphatic rings. The average Bonchev–Trinajstić information content (AvgIpc) is 2.62. The van der Waals surface area contributed by atoms with Crippen LogP contribution >= 0.6 is 0 Å². The number of rotatable bonds is 10. The van der Waals surface area contributed by atoms with Gasteiger partial charge in [0.25, 0.3) is 0 Å². The van der Waals surface area contributed by atoms with Gasteiger partial charge in [-0.25, -0.2) is 0 Å². The van der Waals surface area contributed by atoms with Gasteiger partial charge in [0.15, 0.2) is 0 Å². The summed E-state index contributed by atoms with van der Waals surface area (Å²) in [5, 5.41) is 9.59. The lowest BCUT2D eigenvalue weighted by Crippen LogP contribution is -2.09. The molecule has 0 aliphatic heterocycles. The first-order chi connectivity index (χ1) is 11.7. The Hall–Kier alpha value is -1.76. The monoisotopic (exact) mass is 324 g/mol. The SMILES string of the molecule is CCCCCCCCC(c1ccc(O)cc1)C(C)c1ccccc1. The van der Waals surface area contributed by atoms with Crippen molar-refractivity contribution in [3.8, 4) is 5.75 Å². The van der Waals surface area contributed by atoms with Gasteiger partial charge >= 0.3 is 0 Å². The van der Waals surface area contributed by atoms with E-state index in [9.17, 15) is 5.11 Å². The lowest BCUT2D eigenvalue weighted by molar-refractivity contribution is 0.471. The molecule has 0 fully saturated rings. The van der Waals surface area contributed by atoms with Gasteiger partial charge in [-0.1, -0.05) is 94.8 Å². The van der Waals surface area contributed by atoms with Crippen LogP contribution in [0.3, 0.4) is 0 Å². The summed E-state index contributed by atoms with van der Waals surface area (Å²) in [7, 11) is 0. The third kappa shape index (κ3) is 5.70. The Kier molecular flexibility index (Phi) is 7.88. The molecule has 1 heteroatoms. The summed E-state index contributed by atoms with van der Waals surface area (Å²) in [6, 6.07) is 18.6. The number of unbranched alkanes of at least 4 members (excludes halogenated alkanes) is 5. The van der Waals surface area contributed by atoms with Crippen LogP contribution in [0.1, 0.15) is 81.8 Å². The Labute approximate surface area is 147 Å². The smallest absolute Gasteiger partial charge is 0.115 e. The Bertz CT molecular complexity index is 558. The molecule has 2 rings (SSSR count). The van der Waals surface area contributed by atoms with Gasteiger partial charge in [0.1, 0.15) is 5.75 Å². The lowest BCUT2D eigenvalue weighted by Gasteiger charge is -2.25. The van der Waals surface area contributed by atoms with E-state index in [4.69, 9.17) is 0 Å². The molecule has 2 unspecified atom stereocenters. The maximum atomic E-state index is 9.59. The summed E-state index contributed by atoms with van der Waals surface area (Å²) in [6.07, 6.45) is 9.23. The Morgan fingerprint density at radius 2 is 1.38 bits per heavy atom. The van der Waals surface area contributed by atoms with Gasteiger partial charge in [-0.15, -0.1) is 0 Å². The highest BCUT2D eigenvalue weighted by Gasteiger charge is 2.20. The van der Waals surface area contributed by atoms with E-state index < -0.39 is 0 Å². The lowest BCUT2D eigenvalue weighted by atomic mass is 9.79. The third-order valence-electron chi connectivity index (χ3n) is 5.12. The molecule has 0 saturated carbocycles. The highest BCUT2D eigenvalue weighted by Crippen LogP contribution is 2.37. The van der Waals surface area contributed by atoms with Crippen molar-refractivity contribution in [2.45, 2.75) is 70.6 Å². The molecule has 0 bridgehead atoms. The van der Waals surface area contributed by atoms with Crippen LogP contribution in [0.25, 0.3) is 0 Å². The molecule has 1 N–H and O–H groups in total. The molecule has 2 atom stereocenters. The van der Waals surface area contributed by atoms with Crippen LogP contribution in [-0.4, -0.2) is 5.11 Å². The molecular weight excluding hydrogens is 292 g/mol. The van der Waals surface area contributed by atoms with Crippen molar-refractivity contribution in [3.63, 3.8) is 0 Å². The minimum absolute atomic E-state index is 0.351. The van der Waals surface area contributed by atoms with E-state index in [1.165, 1.54) is 56.1 Å². The van der Waals surface area contributed by atoms with Crippen molar-refractivity contribution in [1.82, 2.24) is 0 Å².